The Kier molecular flexibility index (Phi) is 5.44. The molecule has 1 aliphatic heterocycles. The number of hydrogen-bond acceptors (Lipinski definition) is 6. The predicted octanol–water partition coefficient (Wildman–Crippen LogP) is 1.82. The summed E-state index contributed by atoms with van der Waals surface area (Å²) in [5.74, 6) is -0.484. The number of carbonyl (C=O) groups excluding carboxylic acids is 3. The fourth-order valence-corrected chi connectivity index (χ4v) is 2.98. The van der Waals surface area contributed by atoms with Crippen LogP contribution in [0.15, 0.2) is 0 Å². The summed E-state index contributed by atoms with van der Waals surface area (Å²) in [4.78, 5) is 36.4. The second-order valence-electron chi connectivity index (χ2n) is 5.64. The molecule has 6 nitrogen and oxygen atoms in total. The molecule has 0 unspecified atom stereocenters. The van der Waals surface area contributed by atoms with E-state index in [1.54, 1.807) is 20.8 Å². The van der Waals surface area contributed by atoms with E-state index < -0.39 is 23.7 Å². The number of rotatable bonds is 2. The van der Waals surface area contributed by atoms with Gasteiger partial charge in [-0.3, -0.25) is 9.69 Å². The van der Waals surface area contributed by atoms with Crippen LogP contribution in [0.2, 0.25) is 0 Å². The lowest BCUT2D eigenvalue weighted by molar-refractivity contribution is -0.145. The van der Waals surface area contributed by atoms with Crippen molar-refractivity contribution >= 4 is 28.9 Å². The van der Waals surface area contributed by atoms with Crippen molar-refractivity contribution in [1.82, 2.24) is 4.90 Å². The molecule has 0 spiro atoms. The second-order valence-corrected chi connectivity index (χ2v) is 7.12. The topological polar surface area (TPSA) is 72.9 Å². The number of thioether (sulfide) groups is 1. The highest BCUT2D eigenvalue weighted by Gasteiger charge is 2.42. The maximum Gasteiger partial charge on any atom is 0.411 e. The van der Waals surface area contributed by atoms with Gasteiger partial charge in [0.2, 0.25) is 0 Å². The minimum absolute atomic E-state index is 0.0374. The zero-order valence-corrected chi connectivity index (χ0v) is 13.3. The summed E-state index contributed by atoms with van der Waals surface area (Å²) in [6, 6.07) is -0.688. The standard InChI is InChI=1S/C13H21NO5S/c1-8(15)20-9-6-10(11(16)18-5)14(7-9)12(17)19-13(2,3)4/h9-10H,6-7H2,1-5H3/t9-,10-/m0/s1. The van der Waals surface area contributed by atoms with Crippen molar-refractivity contribution < 1.29 is 23.9 Å². The Labute approximate surface area is 123 Å². The summed E-state index contributed by atoms with van der Waals surface area (Å²) in [6.45, 7) is 7.05. The van der Waals surface area contributed by atoms with Crippen LogP contribution in [-0.4, -0.2) is 52.6 Å². The summed E-state index contributed by atoms with van der Waals surface area (Å²) in [5.41, 5.74) is -0.635. The van der Waals surface area contributed by atoms with Crippen molar-refractivity contribution in [3.63, 3.8) is 0 Å². The Hall–Kier alpha value is -1.24. The minimum Gasteiger partial charge on any atom is -0.467 e. The molecule has 7 heteroatoms. The fraction of sp³-hybridized carbons (Fsp3) is 0.769. The molecule has 1 rings (SSSR count). The van der Waals surface area contributed by atoms with Gasteiger partial charge in [-0.05, 0) is 27.2 Å². The first-order chi connectivity index (χ1) is 9.14. The monoisotopic (exact) mass is 303 g/mol. The number of esters is 1. The Morgan fingerprint density at radius 1 is 1.25 bits per heavy atom. The maximum atomic E-state index is 12.1. The smallest absolute Gasteiger partial charge is 0.411 e. The van der Waals surface area contributed by atoms with Crippen LogP contribution in [0.5, 0.6) is 0 Å². The highest BCUT2D eigenvalue weighted by atomic mass is 32.2. The van der Waals surface area contributed by atoms with E-state index in [-0.39, 0.29) is 10.4 Å². The quantitative estimate of drug-likeness (QED) is 0.725. The van der Waals surface area contributed by atoms with Crippen LogP contribution >= 0.6 is 11.8 Å². The number of methoxy groups -OCH3 is 1. The molecule has 1 aliphatic rings. The van der Waals surface area contributed by atoms with Gasteiger partial charge in [-0.1, -0.05) is 11.8 Å². The molecule has 114 valence electrons. The van der Waals surface area contributed by atoms with Crippen molar-refractivity contribution in [1.29, 1.82) is 0 Å². The number of nitrogens with zero attached hydrogens (tertiary/aromatic N) is 1. The predicted molar refractivity (Wildman–Crippen MR) is 75.4 cm³/mol. The van der Waals surface area contributed by atoms with E-state index in [0.717, 1.165) is 11.8 Å². The van der Waals surface area contributed by atoms with Crippen molar-refractivity contribution in [3.05, 3.63) is 0 Å². The van der Waals surface area contributed by atoms with Crippen LogP contribution in [0.1, 0.15) is 34.1 Å². The van der Waals surface area contributed by atoms with Gasteiger partial charge in [-0.25, -0.2) is 9.59 Å². The maximum absolute atomic E-state index is 12.1. The van der Waals surface area contributed by atoms with Gasteiger partial charge < -0.3 is 9.47 Å². The molecule has 1 saturated heterocycles. The Morgan fingerprint density at radius 3 is 2.30 bits per heavy atom. The van der Waals surface area contributed by atoms with Gasteiger partial charge in [-0.2, -0.15) is 0 Å². The lowest BCUT2D eigenvalue weighted by Crippen LogP contribution is -2.43. The van der Waals surface area contributed by atoms with Crippen LogP contribution in [0, 0.1) is 0 Å². The molecule has 0 aromatic heterocycles. The van der Waals surface area contributed by atoms with Gasteiger partial charge in [0.25, 0.3) is 0 Å². The van der Waals surface area contributed by atoms with Crippen LogP contribution in [0.25, 0.3) is 0 Å². The molecule has 0 radical (unpaired) electrons. The van der Waals surface area contributed by atoms with Crippen molar-refractivity contribution in [3.8, 4) is 0 Å². The lowest BCUT2D eigenvalue weighted by atomic mass is 10.2. The average Bonchev–Trinajstić information content (AvgIpc) is 2.68. The van der Waals surface area contributed by atoms with Crippen LogP contribution in [0.4, 0.5) is 4.79 Å². The van der Waals surface area contributed by atoms with E-state index in [1.165, 1.54) is 18.9 Å². The molecule has 1 heterocycles. The zero-order chi connectivity index (χ0) is 15.5. The molecular formula is C13H21NO5S. The third-order valence-electron chi connectivity index (χ3n) is 2.70. The number of hydrogen-bond donors (Lipinski definition) is 0. The molecule has 0 saturated carbocycles. The molecule has 20 heavy (non-hydrogen) atoms. The van der Waals surface area contributed by atoms with Gasteiger partial charge in [0.15, 0.2) is 5.12 Å². The van der Waals surface area contributed by atoms with Crippen LogP contribution in [-0.2, 0) is 19.1 Å². The number of likely N-dealkylation sites (tertiary alicyclic amines) is 1. The van der Waals surface area contributed by atoms with E-state index in [0.29, 0.717) is 13.0 Å². The molecule has 0 aliphatic carbocycles. The third kappa shape index (κ3) is 4.70. The van der Waals surface area contributed by atoms with Gasteiger partial charge in [0.05, 0.1) is 7.11 Å². The molecule has 0 bridgehead atoms. The van der Waals surface area contributed by atoms with Gasteiger partial charge >= 0.3 is 12.1 Å². The molecule has 2 atom stereocenters. The van der Waals surface area contributed by atoms with Crippen molar-refractivity contribution in [2.24, 2.45) is 0 Å². The summed E-state index contributed by atoms with van der Waals surface area (Å²) in [5, 5.41) is -0.145. The second kappa shape index (κ2) is 6.47. The van der Waals surface area contributed by atoms with E-state index in [2.05, 4.69) is 0 Å². The minimum atomic E-state index is -0.688. The van der Waals surface area contributed by atoms with Gasteiger partial charge in [-0.15, -0.1) is 0 Å². The summed E-state index contributed by atoms with van der Waals surface area (Å²) < 4.78 is 10.0. The van der Waals surface area contributed by atoms with E-state index in [1.807, 2.05) is 0 Å². The first kappa shape index (κ1) is 16.8. The van der Waals surface area contributed by atoms with E-state index in [9.17, 15) is 14.4 Å². The fourth-order valence-electron chi connectivity index (χ4n) is 2.00. The normalized spacial score (nSPS) is 22.6. The Balaban J connectivity index is 2.81. The first-order valence-electron chi connectivity index (χ1n) is 6.38. The summed E-state index contributed by atoms with van der Waals surface area (Å²) >= 11 is 1.14. The Bertz CT molecular complexity index is 404. The highest BCUT2D eigenvalue weighted by molar-refractivity contribution is 8.14. The number of amides is 1. The highest BCUT2D eigenvalue weighted by Crippen LogP contribution is 2.30. The molecule has 0 aromatic rings. The molecule has 1 fully saturated rings. The molecule has 0 aromatic carbocycles. The van der Waals surface area contributed by atoms with E-state index >= 15 is 0 Å². The van der Waals surface area contributed by atoms with Gasteiger partial charge in [0, 0.05) is 18.7 Å². The third-order valence-corrected chi connectivity index (χ3v) is 3.70. The van der Waals surface area contributed by atoms with Crippen molar-refractivity contribution in [2.45, 2.75) is 51.0 Å². The summed E-state index contributed by atoms with van der Waals surface area (Å²) in [7, 11) is 1.28. The first-order valence-corrected chi connectivity index (χ1v) is 7.26. The van der Waals surface area contributed by atoms with Gasteiger partial charge in [0.1, 0.15) is 11.6 Å². The number of ether oxygens (including phenoxy) is 2. The Morgan fingerprint density at radius 2 is 1.85 bits per heavy atom. The zero-order valence-electron chi connectivity index (χ0n) is 12.5. The number of carbonyl (C=O) groups is 3. The van der Waals surface area contributed by atoms with E-state index in [4.69, 9.17) is 9.47 Å². The average molecular weight is 303 g/mol. The summed E-state index contributed by atoms with van der Waals surface area (Å²) in [6.07, 6.45) is -0.157. The van der Waals surface area contributed by atoms with Crippen LogP contribution in [0.3, 0.4) is 0 Å². The lowest BCUT2D eigenvalue weighted by Gasteiger charge is -2.27. The molecule has 0 N–H and O–H groups in total. The molecular weight excluding hydrogens is 282 g/mol. The van der Waals surface area contributed by atoms with Crippen LogP contribution < -0.4 is 0 Å². The molecule has 1 amide bonds. The SMILES string of the molecule is COC(=O)[C@@H]1C[C@H](SC(C)=O)CN1C(=O)OC(C)(C)C. The largest absolute Gasteiger partial charge is 0.467 e. The van der Waals surface area contributed by atoms with Crippen molar-refractivity contribution in [2.75, 3.05) is 13.7 Å².